The van der Waals surface area contributed by atoms with E-state index in [0.29, 0.717) is 17.9 Å². The van der Waals surface area contributed by atoms with Crippen molar-refractivity contribution in [3.05, 3.63) is 3.92 Å². The summed E-state index contributed by atoms with van der Waals surface area (Å²) in [6, 6.07) is 0.414. The van der Waals surface area contributed by atoms with Gasteiger partial charge in [0.25, 0.3) is 0 Å². The van der Waals surface area contributed by atoms with E-state index in [-0.39, 0.29) is 12.4 Å². The molecular formula is C9H14BrClN4S. The lowest BCUT2D eigenvalue weighted by molar-refractivity contribution is 0.356. The van der Waals surface area contributed by atoms with Crippen molar-refractivity contribution in [3.8, 4) is 0 Å². The summed E-state index contributed by atoms with van der Waals surface area (Å²) in [5.41, 5.74) is 6.16. The first-order valence-electron chi connectivity index (χ1n) is 5.23. The van der Waals surface area contributed by atoms with Crippen molar-refractivity contribution >= 4 is 44.8 Å². The van der Waals surface area contributed by atoms with Crippen LogP contribution in [0.5, 0.6) is 0 Å². The molecule has 1 aromatic rings. The van der Waals surface area contributed by atoms with Crippen LogP contribution in [0.3, 0.4) is 0 Å². The highest BCUT2D eigenvalue weighted by atomic mass is 79.9. The maximum absolute atomic E-state index is 6.16. The van der Waals surface area contributed by atoms with Gasteiger partial charge in [0.05, 0.1) is 0 Å². The molecule has 0 radical (unpaired) electrons. The minimum absolute atomic E-state index is 0. The van der Waals surface area contributed by atoms with Crippen LogP contribution in [-0.2, 0) is 0 Å². The van der Waals surface area contributed by atoms with Crippen LogP contribution in [0.25, 0.3) is 0 Å². The molecule has 90 valence electrons. The predicted molar refractivity (Wildman–Crippen MR) is 71.3 cm³/mol. The van der Waals surface area contributed by atoms with E-state index in [2.05, 4.69) is 31.0 Å². The van der Waals surface area contributed by atoms with Gasteiger partial charge in [-0.05, 0) is 40.6 Å². The molecule has 3 rings (SSSR count). The standard InChI is InChI=1S/C9H13BrN4S.ClH/c10-8-12-13-9(15-8)14-3-5-1-2-6(4-14)7(5)11;/h5-7H,1-4,11H2;1H/t5-,6+,7+;. The highest BCUT2D eigenvalue weighted by Gasteiger charge is 2.40. The van der Waals surface area contributed by atoms with Gasteiger partial charge in [-0.15, -0.1) is 22.6 Å². The summed E-state index contributed by atoms with van der Waals surface area (Å²) in [6.07, 6.45) is 2.56. The average Bonchev–Trinajstić information content (AvgIpc) is 2.70. The fraction of sp³-hybridized carbons (Fsp3) is 0.778. The molecular weight excluding hydrogens is 312 g/mol. The van der Waals surface area contributed by atoms with Gasteiger partial charge < -0.3 is 10.6 Å². The number of nitrogens with two attached hydrogens (primary N) is 1. The molecule has 2 N–H and O–H groups in total. The molecule has 4 nitrogen and oxygen atoms in total. The van der Waals surface area contributed by atoms with E-state index < -0.39 is 0 Å². The third kappa shape index (κ3) is 2.08. The maximum Gasteiger partial charge on any atom is 0.209 e. The van der Waals surface area contributed by atoms with Gasteiger partial charge in [0.15, 0.2) is 3.92 Å². The second kappa shape index (κ2) is 4.76. The molecule has 0 unspecified atom stereocenters. The average molecular weight is 326 g/mol. The molecule has 2 aliphatic rings. The van der Waals surface area contributed by atoms with Crippen LogP contribution in [0.2, 0.25) is 0 Å². The van der Waals surface area contributed by atoms with E-state index in [9.17, 15) is 0 Å². The first-order chi connectivity index (χ1) is 7.24. The Hall–Kier alpha value is 0.0900. The lowest BCUT2D eigenvalue weighted by atomic mass is 9.93. The lowest BCUT2D eigenvalue weighted by Crippen LogP contribution is -2.48. The molecule has 2 bridgehead atoms. The Bertz CT molecular complexity index is 360. The minimum atomic E-state index is 0. The highest BCUT2D eigenvalue weighted by molar-refractivity contribution is 9.11. The zero-order valence-corrected chi connectivity index (χ0v) is 11.9. The van der Waals surface area contributed by atoms with Crippen molar-refractivity contribution in [2.75, 3.05) is 18.0 Å². The number of hydrogen-bond donors (Lipinski definition) is 1. The topological polar surface area (TPSA) is 55.0 Å². The van der Waals surface area contributed by atoms with Crippen LogP contribution >= 0.6 is 39.7 Å². The fourth-order valence-corrected chi connectivity index (χ4v) is 3.85. The Balaban J connectivity index is 0.000000963. The lowest BCUT2D eigenvalue weighted by Gasteiger charge is -2.35. The van der Waals surface area contributed by atoms with E-state index in [4.69, 9.17) is 5.73 Å². The molecule has 16 heavy (non-hydrogen) atoms. The van der Waals surface area contributed by atoms with Crippen molar-refractivity contribution in [2.45, 2.75) is 18.9 Å². The van der Waals surface area contributed by atoms with E-state index in [1.54, 1.807) is 11.3 Å². The van der Waals surface area contributed by atoms with Gasteiger partial charge in [-0.1, -0.05) is 11.3 Å². The van der Waals surface area contributed by atoms with Gasteiger partial charge in [-0.25, -0.2) is 0 Å². The van der Waals surface area contributed by atoms with Crippen molar-refractivity contribution in [2.24, 2.45) is 17.6 Å². The van der Waals surface area contributed by atoms with Gasteiger partial charge in [-0.2, -0.15) is 0 Å². The molecule has 0 spiro atoms. The minimum Gasteiger partial charge on any atom is -0.346 e. The Morgan fingerprint density at radius 2 is 1.88 bits per heavy atom. The molecule has 2 heterocycles. The molecule has 3 atom stereocenters. The van der Waals surface area contributed by atoms with Crippen molar-refractivity contribution in [1.82, 2.24) is 10.2 Å². The van der Waals surface area contributed by atoms with Gasteiger partial charge in [0, 0.05) is 19.1 Å². The Labute approximate surface area is 113 Å². The van der Waals surface area contributed by atoms with Crippen LogP contribution < -0.4 is 10.6 Å². The molecule has 1 saturated heterocycles. The van der Waals surface area contributed by atoms with Gasteiger partial charge >= 0.3 is 0 Å². The van der Waals surface area contributed by atoms with Crippen molar-refractivity contribution in [3.63, 3.8) is 0 Å². The summed E-state index contributed by atoms with van der Waals surface area (Å²) < 4.78 is 0.861. The largest absolute Gasteiger partial charge is 0.346 e. The van der Waals surface area contributed by atoms with Crippen LogP contribution in [0.15, 0.2) is 3.92 Å². The summed E-state index contributed by atoms with van der Waals surface area (Å²) in [7, 11) is 0. The van der Waals surface area contributed by atoms with Gasteiger partial charge in [-0.3, -0.25) is 0 Å². The molecule has 1 aliphatic heterocycles. The molecule has 1 aliphatic carbocycles. The summed E-state index contributed by atoms with van der Waals surface area (Å²) in [6.45, 7) is 2.11. The summed E-state index contributed by atoms with van der Waals surface area (Å²) in [5, 5.41) is 9.19. The van der Waals surface area contributed by atoms with Crippen LogP contribution in [0.4, 0.5) is 5.13 Å². The second-order valence-electron chi connectivity index (χ2n) is 4.42. The molecule has 0 aromatic carbocycles. The SMILES string of the molecule is Cl.N[C@H]1[C@@H]2CC[C@H]1CN(c1nnc(Br)s1)C2. The number of fused-ring (bicyclic) bond motifs is 2. The molecule has 1 aromatic heterocycles. The number of aromatic nitrogens is 2. The third-order valence-corrected chi connectivity index (χ3v) is 4.98. The van der Waals surface area contributed by atoms with Crippen LogP contribution in [0.1, 0.15) is 12.8 Å². The fourth-order valence-electron chi connectivity index (χ4n) is 2.75. The van der Waals surface area contributed by atoms with Crippen molar-refractivity contribution < 1.29 is 0 Å². The predicted octanol–water partition coefficient (Wildman–Crippen LogP) is 1.90. The van der Waals surface area contributed by atoms with Gasteiger partial charge in [0.2, 0.25) is 5.13 Å². The second-order valence-corrected chi connectivity index (χ2v) is 6.65. The Morgan fingerprint density at radius 1 is 1.25 bits per heavy atom. The van der Waals surface area contributed by atoms with E-state index in [1.165, 1.54) is 12.8 Å². The van der Waals surface area contributed by atoms with E-state index in [1.807, 2.05) is 0 Å². The third-order valence-electron chi connectivity index (χ3n) is 3.57. The first-order valence-corrected chi connectivity index (χ1v) is 6.84. The number of anilines is 1. The summed E-state index contributed by atoms with van der Waals surface area (Å²) >= 11 is 4.96. The van der Waals surface area contributed by atoms with Crippen molar-refractivity contribution in [1.29, 1.82) is 0 Å². The smallest absolute Gasteiger partial charge is 0.209 e. The molecule has 0 amide bonds. The summed E-state index contributed by atoms with van der Waals surface area (Å²) in [5.74, 6) is 1.32. The monoisotopic (exact) mass is 324 g/mol. The number of piperidine rings is 1. The van der Waals surface area contributed by atoms with E-state index >= 15 is 0 Å². The number of halogens is 2. The Morgan fingerprint density at radius 3 is 2.38 bits per heavy atom. The highest BCUT2D eigenvalue weighted by Crippen LogP contribution is 2.38. The van der Waals surface area contributed by atoms with E-state index in [0.717, 1.165) is 22.1 Å². The normalized spacial score (nSPS) is 32.6. The van der Waals surface area contributed by atoms with Crippen LogP contribution in [-0.4, -0.2) is 29.3 Å². The molecule has 7 heteroatoms. The molecule has 2 fully saturated rings. The quantitative estimate of drug-likeness (QED) is 0.857. The zero-order chi connectivity index (χ0) is 10.4. The first kappa shape index (κ1) is 12.5. The number of nitrogens with zero attached hydrogens (tertiary/aromatic N) is 3. The maximum atomic E-state index is 6.16. The van der Waals surface area contributed by atoms with Crippen LogP contribution in [0, 0.1) is 11.8 Å². The van der Waals surface area contributed by atoms with Gasteiger partial charge in [0.1, 0.15) is 0 Å². The number of rotatable bonds is 1. The molecule has 1 saturated carbocycles. The zero-order valence-electron chi connectivity index (χ0n) is 8.67. The Kier molecular flexibility index (Phi) is 3.73. The summed E-state index contributed by atoms with van der Waals surface area (Å²) in [4.78, 5) is 2.34. The number of hydrogen-bond acceptors (Lipinski definition) is 5.